The van der Waals surface area contributed by atoms with Gasteiger partial charge in [0.15, 0.2) is 0 Å². The normalized spacial score (nSPS) is 17.1. The predicted octanol–water partition coefficient (Wildman–Crippen LogP) is 2.84. The van der Waals surface area contributed by atoms with Crippen molar-refractivity contribution < 1.29 is 9.53 Å². The Hall–Kier alpha value is -2.11. The zero-order valence-electron chi connectivity index (χ0n) is 14.1. The van der Waals surface area contributed by atoms with Crippen LogP contribution in [0.2, 0.25) is 0 Å². The lowest BCUT2D eigenvalue weighted by Gasteiger charge is -2.15. The van der Waals surface area contributed by atoms with E-state index in [1.165, 1.54) is 0 Å². The predicted molar refractivity (Wildman–Crippen MR) is 99.7 cm³/mol. The third kappa shape index (κ3) is 6.03. The van der Waals surface area contributed by atoms with Crippen LogP contribution in [0, 0.1) is 0 Å². The van der Waals surface area contributed by atoms with Crippen LogP contribution in [0.3, 0.4) is 0 Å². The van der Waals surface area contributed by atoms with E-state index in [4.69, 9.17) is 4.74 Å². The van der Waals surface area contributed by atoms with E-state index in [0.717, 1.165) is 42.7 Å². The molecule has 1 aliphatic rings. The Morgan fingerprint density at radius 3 is 2.60 bits per heavy atom. The number of nitrogens with zero attached hydrogens (tertiary/aromatic N) is 1. The highest BCUT2D eigenvalue weighted by atomic mass is 35.5. The summed E-state index contributed by atoms with van der Waals surface area (Å²) in [5, 5.41) is 6.29. The van der Waals surface area contributed by atoms with Gasteiger partial charge in [0.1, 0.15) is 12.4 Å². The first-order chi connectivity index (χ1) is 11.8. The van der Waals surface area contributed by atoms with Crippen molar-refractivity contribution in [2.24, 2.45) is 0 Å². The second kappa shape index (κ2) is 10.0. The van der Waals surface area contributed by atoms with Crippen LogP contribution < -0.4 is 15.4 Å². The Kier molecular flexibility index (Phi) is 7.70. The molecule has 0 saturated carbocycles. The molecule has 3 rings (SSSR count). The lowest BCUT2D eigenvalue weighted by atomic mass is 10.1. The highest BCUT2D eigenvalue weighted by Gasteiger charge is 2.19. The summed E-state index contributed by atoms with van der Waals surface area (Å²) < 4.78 is 5.76. The molecule has 1 atom stereocenters. The number of carbonyl (C=O) groups excluding carboxylic acids is 1. The van der Waals surface area contributed by atoms with Gasteiger partial charge in [-0.15, -0.1) is 12.4 Å². The highest BCUT2D eigenvalue weighted by molar-refractivity contribution is 5.85. The molecule has 1 amide bonds. The fourth-order valence-electron chi connectivity index (χ4n) is 2.72. The number of pyridine rings is 1. The topological polar surface area (TPSA) is 63.2 Å². The van der Waals surface area contributed by atoms with Crippen LogP contribution >= 0.6 is 12.4 Å². The van der Waals surface area contributed by atoms with E-state index in [1.54, 1.807) is 12.4 Å². The first kappa shape index (κ1) is 19.2. The van der Waals surface area contributed by atoms with Crippen LogP contribution in [0.5, 0.6) is 5.75 Å². The highest BCUT2D eigenvalue weighted by Crippen LogP contribution is 2.14. The van der Waals surface area contributed by atoms with E-state index in [9.17, 15) is 4.79 Å². The molecule has 1 unspecified atom stereocenters. The van der Waals surface area contributed by atoms with Crippen molar-refractivity contribution in [3.8, 4) is 5.75 Å². The minimum Gasteiger partial charge on any atom is -0.489 e. The van der Waals surface area contributed by atoms with Gasteiger partial charge in [0.2, 0.25) is 5.91 Å². The Balaban J connectivity index is 0.00000225. The molecule has 2 heterocycles. The molecule has 1 fully saturated rings. The molecule has 1 saturated heterocycles. The number of halogens is 1. The van der Waals surface area contributed by atoms with Crippen LogP contribution in [0.1, 0.15) is 30.4 Å². The lowest BCUT2D eigenvalue weighted by molar-refractivity contribution is -0.122. The van der Waals surface area contributed by atoms with Gasteiger partial charge in [0, 0.05) is 25.5 Å². The lowest BCUT2D eigenvalue weighted by Crippen LogP contribution is -2.42. The first-order valence-corrected chi connectivity index (χ1v) is 8.43. The molecular weight excluding hydrogens is 338 g/mol. The first-order valence-electron chi connectivity index (χ1n) is 8.43. The van der Waals surface area contributed by atoms with Gasteiger partial charge in [0.25, 0.3) is 0 Å². The number of rotatable bonds is 6. The maximum Gasteiger partial charge on any atom is 0.237 e. The zero-order valence-corrected chi connectivity index (χ0v) is 14.9. The molecule has 1 aromatic heterocycles. The quantitative estimate of drug-likeness (QED) is 0.830. The number of aromatic nitrogens is 1. The van der Waals surface area contributed by atoms with Gasteiger partial charge in [-0.2, -0.15) is 0 Å². The molecule has 2 N–H and O–H groups in total. The molecule has 2 aromatic rings. The molecule has 5 nitrogen and oxygen atoms in total. The minimum absolute atomic E-state index is 0. The molecule has 6 heteroatoms. The van der Waals surface area contributed by atoms with Crippen LogP contribution in [0.15, 0.2) is 48.8 Å². The third-order valence-corrected chi connectivity index (χ3v) is 4.17. The summed E-state index contributed by atoms with van der Waals surface area (Å²) in [5.74, 6) is 0.951. The summed E-state index contributed by atoms with van der Waals surface area (Å²) >= 11 is 0. The standard InChI is InChI=1S/C19H23N3O2.ClH/c23-19-18(3-1-2-10-21-19)22-13-15-4-6-17(7-5-15)24-14-16-8-11-20-12-9-16;/h4-9,11-12,18,22H,1-3,10,13-14H2,(H,21,23);1H. The minimum atomic E-state index is -0.0879. The second-order valence-corrected chi connectivity index (χ2v) is 6.01. The van der Waals surface area contributed by atoms with Gasteiger partial charge in [-0.05, 0) is 54.7 Å². The summed E-state index contributed by atoms with van der Waals surface area (Å²) in [6, 6.07) is 11.8. The molecule has 25 heavy (non-hydrogen) atoms. The average Bonchev–Trinajstić information content (AvgIpc) is 2.84. The van der Waals surface area contributed by atoms with Crippen LogP contribution in [0.4, 0.5) is 0 Å². The number of carbonyl (C=O) groups is 1. The van der Waals surface area contributed by atoms with Gasteiger partial charge < -0.3 is 15.4 Å². The van der Waals surface area contributed by atoms with E-state index >= 15 is 0 Å². The SMILES string of the molecule is Cl.O=C1NCCCCC1NCc1ccc(OCc2ccncc2)cc1. The van der Waals surface area contributed by atoms with Crippen LogP contribution in [-0.2, 0) is 17.9 Å². The van der Waals surface area contributed by atoms with E-state index in [1.807, 2.05) is 36.4 Å². The number of amides is 1. The maximum atomic E-state index is 11.9. The molecule has 0 aliphatic carbocycles. The fourth-order valence-corrected chi connectivity index (χ4v) is 2.72. The Morgan fingerprint density at radius 2 is 1.84 bits per heavy atom. The largest absolute Gasteiger partial charge is 0.489 e. The van der Waals surface area contributed by atoms with Crippen molar-refractivity contribution in [2.75, 3.05) is 6.54 Å². The van der Waals surface area contributed by atoms with Gasteiger partial charge in [-0.3, -0.25) is 9.78 Å². The van der Waals surface area contributed by atoms with Gasteiger partial charge >= 0.3 is 0 Å². The number of nitrogens with one attached hydrogen (secondary N) is 2. The van der Waals surface area contributed by atoms with Gasteiger partial charge in [0.05, 0.1) is 6.04 Å². The molecule has 0 bridgehead atoms. The monoisotopic (exact) mass is 361 g/mol. The Morgan fingerprint density at radius 1 is 1.08 bits per heavy atom. The van der Waals surface area contributed by atoms with E-state index in [-0.39, 0.29) is 24.4 Å². The van der Waals surface area contributed by atoms with Gasteiger partial charge in [-0.1, -0.05) is 12.1 Å². The number of hydrogen-bond donors (Lipinski definition) is 2. The van der Waals surface area contributed by atoms with Crippen molar-refractivity contribution in [2.45, 2.75) is 38.5 Å². The van der Waals surface area contributed by atoms with Crippen LogP contribution in [-0.4, -0.2) is 23.5 Å². The van der Waals surface area contributed by atoms with E-state index < -0.39 is 0 Å². The molecule has 1 aromatic carbocycles. The van der Waals surface area contributed by atoms with Crippen molar-refractivity contribution >= 4 is 18.3 Å². The molecule has 134 valence electrons. The number of hydrogen-bond acceptors (Lipinski definition) is 4. The van der Waals surface area contributed by atoms with Crippen molar-refractivity contribution in [1.29, 1.82) is 0 Å². The average molecular weight is 362 g/mol. The molecule has 0 spiro atoms. The van der Waals surface area contributed by atoms with Crippen LogP contribution in [0.25, 0.3) is 0 Å². The summed E-state index contributed by atoms with van der Waals surface area (Å²) in [7, 11) is 0. The summed E-state index contributed by atoms with van der Waals surface area (Å²) in [5.41, 5.74) is 2.23. The van der Waals surface area contributed by atoms with E-state index in [2.05, 4.69) is 15.6 Å². The summed E-state index contributed by atoms with van der Waals surface area (Å²) in [6.45, 7) is 2.01. The summed E-state index contributed by atoms with van der Waals surface area (Å²) in [4.78, 5) is 15.9. The number of ether oxygens (including phenoxy) is 1. The molecule has 1 aliphatic heterocycles. The maximum absolute atomic E-state index is 11.9. The summed E-state index contributed by atoms with van der Waals surface area (Å²) in [6.07, 6.45) is 6.57. The molecular formula is C19H24ClN3O2. The molecule has 0 radical (unpaired) electrons. The smallest absolute Gasteiger partial charge is 0.237 e. The fraction of sp³-hybridized carbons (Fsp3) is 0.368. The Bertz CT molecular complexity index is 649. The van der Waals surface area contributed by atoms with Crippen molar-refractivity contribution in [1.82, 2.24) is 15.6 Å². The number of benzene rings is 1. The van der Waals surface area contributed by atoms with Crippen molar-refractivity contribution in [3.05, 3.63) is 59.9 Å². The zero-order chi connectivity index (χ0) is 16.6. The third-order valence-electron chi connectivity index (χ3n) is 4.17. The Labute approximate surface area is 154 Å². The second-order valence-electron chi connectivity index (χ2n) is 6.01. The van der Waals surface area contributed by atoms with E-state index in [0.29, 0.717) is 13.2 Å². The van der Waals surface area contributed by atoms with Gasteiger partial charge in [-0.25, -0.2) is 0 Å². The van der Waals surface area contributed by atoms with Crippen molar-refractivity contribution in [3.63, 3.8) is 0 Å².